The van der Waals surface area contributed by atoms with Gasteiger partial charge in [-0.05, 0) is 45.6 Å². The Morgan fingerprint density at radius 1 is 1.17 bits per heavy atom. The molecular weight excluding hydrogens is 480 g/mol. The fourth-order valence-corrected chi connectivity index (χ4v) is 5.95. The van der Waals surface area contributed by atoms with Crippen molar-refractivity contribution < 1.29 is 29.0 Å². The van der Waals surface area contributed by atoms with E-state index in [1.54, 1.807) is 15.9 Å². The molecule has 1 aromatic rings. The second kappa shape index (κ2) is 11.3. The summed E-state index contributed by atoms with van der Waals surface area (Å²) >= 11 is 1.09. The summed E-state index contributed by atoms with van der Waals surface area (Å²) in [5.41, 5.74) is 0.135. The standard InChI is InChI=1S/C27H36N2O6S/c1-27(2,3)10-9-19-15-20(24(36-19)26(32)33)29-21(18-7-5-4-6-8-18)17-35-22(25(29)31)16-23(30)28-11-13-34-14-12-28/h15,18,21-22H,4-8,11-14,16-17H2,1-3H3,(H,32,33)/t21-,22?/m0/s1. The zero-order valence-corrected chi connectivity index (χ0v) is 22.2. The Hall–Kier alpha value is -2.41. The third-order valence-corrected chi connectivity index (χ3v) is 7.99. The summed E-state index contributed by atoms with van der Waals surface area (Å²) in [6, 6.07) is 1.47. The van der Waals surface area contributed by atoms with Crippen molar-refractivity contribution in [2.45, 2.75) is 71.4 Å². The smallest absolute Gasteiger partial charge is 0.348 e. The van der Waals surface area contributed by atoms with E-state index in [2.05, 4.69) is 11.8 Å². The lowest BCUT2D eigenvalue weighted by Gasteiger charge is -2.44. The van der Waals surface area contributed by atoms with Crippen molar-refractivity contribution >= 4 is 34.8 Å². The second-order valence-electron chi connectivity index (χ2n) is 10.8. The molecule has 0 spiro atoms. The van der Waals surface area contributed by atoms with Crippen molar-refractivity contribution in [3.63, 3.8) is 0 Å². The van der Waals surface area contributed by atoms with E-state index >= 15 is 0 Å². The highest BCUT2D eigenvalue weighted by Crippen LogP contribution is 2.39. The zero-order valence-electron chi connectivity index (χ0n) is 21.4. The largest absolute Gasteiger partial charge is 0.477 e. The average molecular weight is 517 g/mol. The van der Waals surface area contributed by atoms with E-state index in [0.717, 1.165) is 37.0 Å². The van der Waals surface area contributed by atoms with E-state index in [1.807, 2.05) is 20.8 Å². The summed E-state index contributed by atoms with van der Waals surface area (Å²) in [6.07, 6.45) is 4.28. The number of morpholine rings is 2. The molecule has 2 saturated heterocycles. The van der Waals surface area contributed by atoms with Crippen molar-refractivity contribution in [1.82, 2.24) is 4.90 Å². The van der Waals surface area contributed by atoms with E-state index in [9.17, 15) is 19.5 Å². The molecule has 1 saturated carbocycles. The summed E-state index contributed by atoms with van der Waals surface area (Å²) in [5.74, 6) is 4.92. The Bertz CT molecular complexity index is 1040. The predicted octanol–water partition coefficient (Wildman–Crippen LogP) is 3.77. The highest BCUT2D eigenvalue weighted by molar-refractivity contribution is 7.15. The van der Waals surface area contributed by atoms with E-state index in [1.165, 1.54) is 6.42 Å². The van der Waals surface area contributed by atoms with Crippen molar-refractivity contribution in [2.24, 2.45) is 11.3 Å². The van der Waals surface area contributed by atoms with Crippen molar-refractivity contribution in [2.75, 3.05) is 37.8 Å². The van der Waals surface area contributed by atoms with Gasteiger partial charge < -0.3 is 24.4 Å². The van der Waals surface area contributed by atoms with Crippen LogP contribution in [0.5, 0.6) is 0 Å². The van der Waals surface area contributed by atoms with Crippen LogP contribution in [0.15, 0.2) is 6.07 Å². The van der Waals surface area contributed by atoms with Crippen molar-refractivity contribution in [1.29, 1.82) is 0 Å². The van der Waals surface area contributed by atoms with Crippen molar-refractivity contribution in [3.05, 3.63) is 15.8 Å². The number of carbonyl (C=O) groups is 3. The fraction of sp³-hybridized carbons (Fsp3) is 0.667. The molecule has 1 N–H and O–H groups in total. The van der Waals surface area contributed by atoms with Crippen molar-refractivity contribution in [3.8, 4) is 11.8 Å². The number of aromatic carboxylic acids is 1. The van der Waals surface area contributed by atoms with Gasteiger partial charge in [0.25, 0.3) is 5.91 Å². The highest BCUT2D eigenvalue weighted by atomic mass is 32.1. The molecule has 1 unspecified atom stereocenters. The van der Waals surface area contributed by atoms with Gasteiger partial charge in [0.05, 0.1) is 42.8 Å². The normalized spacial score (nSPS) is 23.8. The first kappa shape index (κ1) is 26.6. The Kier molecular flexibility index (Phi) is 8.38. The van der Waals surface area contributed by atoms with Crippen LogP contribution in [0.25, 0.3) is 0 Å². The Morgan fingerprint density at radius 2 is 1.86 bits per heavy atom. The number of carbonyl (C=O) groups excluding carboxylic acids is 2. The third-order valence-electron chi connectivity index (χ3n) is 6.96. The highest BCUT2D eigenvalue weighted by Gasteiger charge is 2.44. The molecule has 8 nitrogen and oxygen atoms in total. The van der Waals surface area contributed by atoms with Gasteiger partial charge in [-0.1, -0.05) is 31.1 Å². The molecule has 9 heteroatoms. The maximum Gasteiger partial charge on any atom is 0.348 e. The molecule has 4 rings (SSSR count). The SMILES string of the molecule is CC(C)(C)C#Cc1cc(N2C(=O)C(CC(=O)N3CCOCC3)OC[C@H]2C2CCCCC2)c(C(=O)O)s1. The number of hydrogen-bond acceptors (Lipinski definition) is 6. The van der Waals surface area contributed by atoms with Gasteiger partial charge in [0, 0.05) is 18.5 Å². The molecule has 3 heterocycles. The number of nitrogens with zero attached hydrogens (tertiary/aromatic N) is 2. The fourth-order valence-electron chi connectivity index (χ4n) is 5.11. The van der Waals surface area contributed by atoms with Crippen LogP contribution in [0.3, 0.4) is 0 Å². The Balaban J connectivity index is 1.66. The first-order valence-corrected chi connectivity index (χ1v) is 13.7. The molecule has 0 aromatic carbocycles. The second-order valence-corrected chi connectivity index (χ2v) is 11.9. The number of rotatable bonds is 5. The molecule has 2 amide bonds. The molecule has 3 fully saturated rings. The number of thiophene rings is 1. The van der Waals surface area contributed by atoms with Gasteiger partial charge in [-0.2, -0.15) is 0 Å². The van der Waals surface area contributed by atoms with E-state index in [4.69, 9.17) is 9.47 Å². The first-order valence-electron chi connectivity index (χ1n) is 12.8. The predicted molar refractivity (Wildman–Crippen MR) is 137 cm³/mol. The maximum absolute atomic E-state index is 13.9. The molecule has 0 bridgehead atoms. The van der Waals surface area contributed by atoms with Crippen LogP contribution in [-0.2, 0) is 19.1 Å². The van der Waals surface area contributed by atoms with Crippen LogP contribution in [0.4, 0.5) is 5.69 Å². The summed E-state index contributed by atoms with van der Waals surface area (Å²) in [7, 11) is 0. The van der Waals surface area contributed by atoms with E-state index in [-0.39, 0.29) is 47.1 Å². The van der Waals surface area contributed by atoms with Gasteiger partial charge in [0.15, 0.2) is 0 Å². The molecule has 2 atom stereocenters. The lowest BCUT2D eigenvalue weighted by molar-refractivity contribution is -0.148. The number of anilines is 1. The summed E-state index contributed by atoms with van der Waals surface area (Å²) in [5, 5.41) is 10.0. The number of amides is 2. The molecule has 2 aliphatic heterocycles. The maximum atomic E-state index is 13.9. The van der Waals surface area contributed by atoms with Crippen LogP contribution in [-0.4, -0.2) is 72.8 Å². The van der Waals surface area contributed by atoms with Crippen LogP contribution < -0.4 is 4.90 Å². The van der Waals surface area contributed by atoms with Crippen LogP contribution in [0, 0.1) is 23.2 Å². The lowest BCUT2D eigenvalue weighted by atomic mass is 9.82. The molecule has 0 radical (unpaired) electrons. The Morgan fingerprint density at radius 3 is 2.50 bits per heavy atom. The first-order chi connectivity index (χ1) is 17.1. The van der Waals surface area contributed by atoms with Gasteiger partial charge >= 0.3 is 5.97 Å². The monoisotopic (exact) mass is 516 g/mol. The minimum absolute atomic E-state index is 0.0596. The molecule has 3 aliphatic rings. The molecule has 196 valence electrons. The van der Waals surface area contributed by atoms with E-state index < -0.39 is 12.1 Å². The van der Waals surface area contributed by atoms with Gasteiger partial charge in [-0.25, -0.2) is 4.79 Å². The summed E-state index contributed by atoms with van der Waals surface area (Å²) in [6.45, 7) is 8.23. The molecule has 1 aromatic heterocycles. The topological polar surface area (TPSA) is 96.4 Å². The minimum atomic E-state index is -1.08. The van der Waals surface area contributed by atoms with Gasteiger partial charge in [-0.15, -0.1) is 11.3 Å². The number of carboxylic acids is 1. The van der Waals surface area contributed by atoms with Crippen LogP contribution in [0.1, 0.15) is 73.8 Å². The Labute approximate surface area is 216 Å². The van der Waals surface area contributed by atoms with Gasteiger partial charge in [0.1, 0.15) is 11.0 Å². The van der Waals surface area contributed by atoms with Gasteiger partial charge in [0.2, 0.25) is 5.91 Å². The van der Waals surface area contributed by atoms with Crippen LogP contribution >= 0.6 is 11.3 Å². The van der Waals surface area contributed by atoms with Crippen LogP contribution in [0.2, 0.25) is 0 Å². The van der Waals surface area contributed by atoms with E-state index in [0.29, 0.717) is 36.9 Å². The number of carboxylic acid groups (broad SMARTS) is 1. The molecular formula is C27H36N2O6S. The lowest BCUT2D eigenvalue weighted by Crippen LogP contribution is -2.58. The molecule has 1 aliphatic carbocycles. The summed E-state index contributed by atoms with van der Waals surface area (Å²) in [4.78, 5) is 43.1. The molecule has 36 heavy (non-hydrogen) atoms. The minimum Gasteiger partial charge on any atom is -0.477 e. The third kappa shape index (κ3) is 6.28. The number of hydrogen-bond donors (Lipinski definition) is 1. The quantitative estimate of drug-likeness (QED) is 0.599. The zero-order chi connectivity index (χ0) is 25.9. The van der Waals surface area contributed by atoms with Gasteiger partial charge in [-0.3, -0.25) is 9.59 Å². The number of ether oxygens (including phenoxy) is 2. The average Bonchev–Trinajstić information content (AvgIpc) is 3.29. The summed E-state index contributed by atoms with van der Waals surface area (Å²) < 4.78 is 11.4.